The quantitative estimate of drug-likeness (QED) is 0.758. The van der Waals surface area contributed by atoms with Crippen molar-refractivity contribution in [2.45, 2.75) is 46.8 Å². The van der Waals surface area contributed by atoms with Gasteiger partial charge < -0.3 is 9.47 Å². The lowest BCUT2D eigenvalue weighted by Gasteiger charge is -2.12. The molecule has 0 N–H and O–H groups in total. The number of carbonyl (C=O) groups excluding carboxylic acids is 1. The first kappa shape index (κ1) is 13.5. The van der Waals surface area contributed by atoms with Crippen molar-refractivity contribution in [3.05, 3.63) is 11.4 Å². The van der Waals surface area contributed by atoms with Crippen LogP contribution in [0.25, 0.3) is 0 Å². The Bertz CT molecular complexity index is 408. The summed E-state index contributed by atoms with van der Waals surface area (Å²) >= 11 is 0. The fourth-order valence-electron chi connectivity index (χ4n) is 1.57. The molecule has 17 heavy (non-hydrogen) atoms. The van der Waals surface area contributed by atoms with E-state index in [-0.39, 0.29) is 12.1 Å². The number of rotatable bonds is 4. The van der Waals surface area contributed by atoms with Gasteiger partial charge in [0.15, 0.2) is 11.4 Å². The predicted octanol–water partition coefficient (Wildman–Crippen LogP) is 2.35. The molecular weight excluding hydrogens is 220 g/mol. The number of esters is 1. The van der Waals surface area contributed by atoms with Crippen LogP contribution in [-0.2, 0) is 4.74 Å². The summed E-state index contributed by atoms with van der Waals surface area (Å²) < 4.78 is 12.1. The van der Waals surface area contributed by atoms with E-state index in [9.17, 15) is 4.79 Å². The number of ether oxygens (including phenoxy) is 2. The van der Waals surface area contributed by atoms with Crippen molar-refractivity contribution in [1.29, 1.82) is 0 Å². The highest BCUT2D eigenvalue weighted by atomic mass is 16.5. The molecule has 1 rings (SSSR count). The van der Waals surface area contributed by atoms with Crippen LogP contribution in [0.3, 0.4) is 0 Å². The number of hydrogen-bond donors (Lipinski definition) is 0. The Morgan fingerprint density at radius 2 is 1.88 bits per heavy atom. The molecule has 0 aliphatic heterocycles. The third kappa shape index (κ3) is 2.78. The molecule has 0 radical (unpaired) electrons. The summed E-state index contributed by atoms with van der Waals surface area (Å²) in [5.74, 6) is 0.0931. The van der Waals surface area contributed by atoms with Crippen LogP contribution in [0.5, 0.6) is 5.75 Å². The molecule has 5 nitrogen and oxygen atoms in total. The molecule has 0 aromatic carbocycles. The number of aryl methyl sites for hydroxylation is 1. The minimum absolute atomic E-state index is 0.0121. The van der Waals surface area contributed by atoms with Gasteiger partial charge in [-0.1, -0.05) is 0 Å². The van der Waals surface area contributed by atoms with Crippen LogP contribution in [0.15, 0.2) is 0 Å². The van der Waals surface area contributed by atoms with Crippen LogP contribution >= 0.6 is 0 Å². The Labute approximate surface area is 102 Å². The van der Waals surface area contributed by atoms with Gasteiger partial charge in [0.2, 0.25) is 0 Å². The standard InChI is InChI=1S/C12H20N2O3/c1-7(2)14-10(12(15)16-6)11(9(5)13-14)17-8(3)4/h7-8H,1-6H3. The molecule has 96 valence electrons. The second kappa shape index (κ2) is 5.21. The average Bonchev–Trinajstić information content (AvgIpc) is 2.55. The number of methoxy groups -OCH3 is 1. The lowest BCUT2D eigenvalue weighted by molar-refractivity contribution is 0.0577. The predicted molar refractivity (Wildman–Crippen MR) is 64.5 cm³/mol. The van der Waals surface area contributed by atoms with E-state index in [2.05, 4.69) is 5.10 Å². The average molecular weight is 240 g/mol. The third-order valence-electron chi connectivity index (χ3n) is 2.25. The summed E-state index contributed by atoms with van der Waals surface area (Å²) in [6.07, 6.45) is -0.0121. The first-order chi connectivity index (χ1) is 7.88. The fourth-order valence-corrected chi connectivity index (χ4v) is 1.57. The summed E-state index contributed by atoms with van der Waals surface area (Å²) in [4.78, 5) is 11.8. The smallest absolute Gasteiger partial charge is 0.360 e. The van der Waals surface area contributed by atoms with Crippen molar-refractivity contribution in [3.8, 4) is 5.75 Å². The minimum Gasteiger partial charge on any atom is -0.486 e. The zero-order valence-corrected chi connectivity index (χ0v) is 11.3. The Morgan fingerprint density at radius 1 is 1.29 bits per heavy atom. The Morgan fingerprint density at radius 3 is 2.29 bits per heavy atom. The van der Waals surface area contributed by atoms with E-state index in [1.54, 1.807) is 4.68 Å². The summed E-state index contributed by atoms with van der Waals surface area (Å²) in [5, 5.41) is 4.32. The summed E-state index contributed by atoms with van der Waals surface area (Å²) in [6, 6.07) is 0.0762. The molecule has 0 saturated heterocycles. The SMILES string of the molecule is COC(=O)c1c(OC(C)C)c(C)nn1C(C)C. The highest BCUT2D eigenvalue weighted by Gasteiger charge is 2.25. The van der Waals surface area contributed by atoms with Crippen LogP contribution in [0, 0.1) is 6.92 Å². The Hall–Kier alpha value is -1.52. The minimum atomic E-state index is -0.421. The van der Waals surface area contributed by atoms with Crippen LogP contribution in [0.1, 0.15) is 49.9 Å². The van der Waals surface area contributed by atoms with Crippen molar-refractivity contribution in [3.63, 3.8) is 0 Å². The van der Waals surface area contributed by atoms with Crippen LogP contribution in [0.2, 0.25) is 0 Å². The topological polar surface area (TPSA) is 53.4 Å². The van der Waals surface area contributed by atoms with E-state index >= 15 is 0 Å². The normalized spacial score (nSPS) is 11.1. The largest absolute Gasteiger partial charge is 0.486 e. The molecule has 0 unspecified atom stereocenters. The molecule has 1 aromatic heterocycles. The molecular formula is C12H20N2O3. The number of hydrogen-bond acceptors (Lipinski definition) is 4. The molecule has 0 fully saturated rings. The van der Waals surface area contributed by atoms with Gasteiger partial charge in [0.1, 0.15) is 5.69 Å². The summed E-state index contributed by atoms with van der Waals surface area (Å²) in [5.41, 5.74) is 1.08. The van der Waals surface area contributed by atoms with Gasteiger partial charge in [0.25, 0.3) is 0 Å². The Balaban J connectivity index is 3.31. The van der Waals surface area contributed by atoms with Crippen molar-refractivity contribution < 1.29 is 14.3 Å². The maximum atomic E-state index is 11.8. The number of carbonyl (C=O) groups is 1. The van der Waals surface area contributed by atoms with Gasteiger partial charge in [0.05, 0.1) is 13.2 Å². The van der Waals surface area contributed by atoms with E-state index in [0.29, 0.717) is 17.1 Å². The van der Waals surface area contributed by atoms with E-state index in [1.807, 2.05) is 34.6 Å². The first-order valence-electron chi connectivity index (χ1n) is 5.72. The maximum Gasteiger partial charge on any atom is 0.360 e. The van der Waals surface area contributed by atoms with Crippen molar-refractivity contribution in [2.24, 2.45) is 0 Å². The lowest BCUT2D eigenvalue weighted by atomic mass is 10.3. The van der Waals surface area contributed by atoms with Gasteiger partial charge in [0, 0.05) is 6.04 Å². The van der Waals surface area contributed by atoms with Crippen LogP contribution in [-0.4, -0.2) is 29.0 Å². The van der Waals surface area contributed by atoms with E-state index in [4.69, 9.17) is 9.47 Å². The monoisotopic (exact) mass is 240 g/mol. The van der Waals surface area contributed by atoms with Gasteiger partial charge in [-0.3, -0.25) is 4.68 Å². The highest BCUT2D eigenvalue weighted by molar-refractivity contribution is 5.91. The van der Waals surface area contributed by atoms with Gasteiger partial charge in [-0.25, -0.2) is 4.79 Å². The third-order valence-corrected chi connectivity index (χ3v) is 2.25. The van der Waals surface area contributed by atoms with E-state index in [1.165, 1.54) is 7.11 Å². The molecule has 0 spiro atoms. The van der Waals surface area contributed by atoms with Gasteiger partial charge >= 0.3 is 5.97 Å². The van der Waals surface area contributed by atoms with E-state index in [0.717, 1.165) is 0 Å². The Kier molecular flexibility index (Phi) is 4.15. The molecule has 0 aliphatic carbocycles. The van der Waals surface area contributed by atoms with Crippen LogP contribution < -0.4 is 4.74 Å². The second-order valence-electron chi connectivity index (χ2n) is 4.46. The van der Waals surface area contributed by atoms with Crippen molar-refractivity contribution in [1.82, 2.24) is 9.78 Å². The summed E-state index contributed by atoms with van der Waals surface area (Å²) in [7, 11) is 1.36. The molecule has 5 heteroatoms. The fraction of sp³-hybridized carbons (Fsp3) is 0.667. The van der Waals surface area contributed by atoms with Gasteiger partial charge in [-0.15, -0.1) is 0 Å². The molecule has 0 amide bonds. The first-order valence-corrected chi connectivity index (χ1v) is 5.72. The number of nitrogens with zero attached hydrogens (tertiary/aromatic N) is 2. The lowest BCUT2D eigenvalue weighted by Crippen LogP contribution is -2.16. The van der Waals surface area contributed by atoms with Gasteiger partial charge in [-0.2, -0.15) is 5.10 Å². The zero-order chi connectivity index (χ0) is 13.2. The second-order valence-corrected chi connectivity index (χ2v) is 4.46. The molecule has 0 saturated carbocycles. The molecule has 0 aliphatic rings. The van der Waals surface area contributed by atoms with E-state index < -0.39 is 5.97 Å². The molecule has 1 aromatic rings. The maximum absolute atomic E-state index is 11.8. The zero-order valence-electron chi connectivity index (χ0n) is 11.3. The van der Waals surface area contributed by atoms with Crippen molar-refractivity contribution >= 4 is 5.97 Å². The highest BCUT2D eigenvalue weighted by Crippen LogP contribution is 2.27. The van der Waals surface area contributed by atoms with Crippen molar-refractivity contribution in [2.75, 3.05) is 7.11 Å². The number of aromatic nitrogens is 2. The molecule has 0 atom stereocenters. The van der Waals surface area contributed by atoms with Crippen LogP contribution in [0.4, 0.5) is 0 Å². The van der Waals surface area contributed by atoms with Gasteiger partial charge in [-0.05, 0) is 34.6 Å². The summed E-state index contributed by atoms with van der Waals surface area (Å²) in [6.45, 7) is 9.56. The molecule has 0 bridgehead atoms. The molecule has 1 heterocycles.